The highest BCUT2D eigenvalue weighted by Crippen LogP contribution is 2.39. The fourth-order valence-corrected chi connectivity index (χ4v) is 2.81. The molecule has 4 nitrogen and oxygen atoms in total. The Morgan fingerprint density at radius 2 is 1.68 bits per heavy atom. The first-order chi connectivity index (χ1) is 9.30. The number of hydrogen-bond acceptors (Lipinski definition) is 3. The molecule has 106 valence electrons. The number of methoxy groups -OCH3 is 3. The van der Waals surface area contributed by atoms with Crippen LogP contribution in [-0.4, -0.2) is 27.4 Å². The average Bonchev–Trinajstić information content (AvgIpc) is 2.96. The van der Waals surface area contributed by atoms with Crippen LogP contribution in [0, 0.1) is 0 Å². The summed E-state index contributed by atoms with van der Waals surface area (Å²) < 4.78 is 16.2. The molecule has 1 aliphatic carbocycles. The summed E-state index contributed by atoms with van der Waals surface area (Å²) in [5, 5.41) is 2.41. The molecule has 0 saturated heterocycles. The first kappa shape index (κ1) is 14.0. The molecule has 0 unspecified atom stereocenters. The number of nitrogens with two attached hydrogens (primary N) is 1. The van der Waals surface area contributed by atoms with Crippen molar-refractivity contribution < 1.29 is 19.5 Å². The predicted octanol–water partition coefficient (Wildman–Crippen LogP) is 1.72. The zero-order valence-corrected chi connectivity index (χ0v) is 12.1. The normalized spacial score (nSPS) is 15.5. The van der Waals surface area contributed by atoms with Crippen LogP contribution >= 0.6 is 0 Å². The second kappa shape index (κ2) is 6.66. The second-order valence-electron chi connectivity index (χ2n) is 4.98. The maximum Gasteiger partial charge on any atom is 0.203 e. The van der Waals surface area contributed by atoms with E-state index in [0.29, 0.717) is 11.5 Å². The highest BCUT2D eigenvalue weighted by molar-refractivity contribution is 5.55. The summed E-state index contributed by atoms with van der Waals surface area (Å²) >= 11 is 0. The summed E-state index contributed by atoms with van der Waals surface area (Å²) in [6.45, 7) is 0.925. The van der Waals surface area contributed by atoms with E-state index in [1.807, 2.05) is 6.07 Å². The van der Waals surface area contributed by atoms with Gasteiger partial charge in [-0.1, -0.05) is 0 Å². The van der Waals surface area contributed by atoms with Gasteiger partial charge in [-0.15, -0.1) is 0 Å². The van der Waals surface area contributed by atoms with Gasteiger partial charge >= 0.3 is 0 Å². The van der Waals surface area contributed by atoms with Crippen molar-refractivity contribution in [2.75, 3.05) is 21.3 Å². The van der Waals surface area contributed by atoms with E-state index in [0.717, 1.165) is 23.9 Å². The highest BCUT2D eigenvalue weighted by Gasteiger charge is 2.20. The Hall–Kier alpha value is -1.42. The van der Waals surface area contributed by atoms with Crippen LogP contribution in [0.3, 0.4) is 0 Å². The summed E-state index contributed by atoms with van der Waals surface area (Å²) in [4.78, 5) is 0. The maximum absolute atomic E-state index is 5.50. The van der Waals surface area contributed by atoms with Crippen molar-refractivity contribution in [3.8, 4) is 17.2 Å². The predicted molar refractivity (Wildman–Crippen MR) is 74.0 cm³/mol. The van der Waals surface area contributed by atoms with E-state index in [2.05, 4.69) is 11.4 Å². The monoisotopic (exact) mass is 266 g/mol. The van der Waals surface area contributed by atoms with Crippen LogP contribution in [0.4, 0.5) is 0 Å². The average molecular weight is 266 g/mol. The quantitative estimate of drug-likeness (QED) is 0.852. The molecule has 0 atom stereocenters. The molecule has 0 aromatic heterocycles. The molecule has 1 aromatic rings. The summed E-state index contributed by atoms with van der Waals surface area (Å²) in [7, 11) is 4.96. The fraction of sp³-hybridized carbons (Fsp3) is 0.600. The molecule has 2 rings (SSSR count). The minimum absolute atomic E-state index is 0.683. The van der Waals surface area contributed by atoms with E-state index < -0.39 is 0 Å². The third-order valence-electron chi connectivity index (χ3n) is 3.86. The molecule has 0 spiro atoms. The minimum Gasteiger partial charge on any atom is -0.493 e. The van der Waals surface area contributed by atoms with Gasteiger partial charge in [0.25, 0.3) is 0 Å². The number of rotatable bonds is 6. The van der Waals surface area contributed by atoms with Gasteiger partial charge in [0.15, 0.2) is 11.5 Å². The number of quaternary nitrogens is 1. The Bertz CT molecular complexity index is 414. The van der Waals surface area contributed by atoms with Crippen LogP contribution in [0.15, 0.2) is 12.1 Å². The van der Waals surface area contributed by atoms with Gasteiger partial charge in [-0.3, -0.25) is 0 Å². The first-order valence-corrected chi connectivity index (χ1v) is 6.91. The van der Waals surface area contributed by atoms with Crippen LogP contribution in [0.2, 0.25) is 0 Å². The third kappa shape index (κ3) is 3.13. The Balaban J connectivity index is 2.14. The molecule has 2 N–H and O–H groups in total. The van der Waals surface area contributed by atoms with Crippen molar-refractivity contribution in [2.24, 2.45) is 0 Å². The molecule has 0 heterocycles. The molecule has 1 saturated carbocycles. The Morgan fingerprint density at radius 3 is 2.26 bits per heavy atom. The van der Waals surface area contributed by atoms with E-state index in [1.54, 1.807) is 21.3 Å². The van der Waals surface area contributed by atoms with Gasteiger partial charge in [-0.2, -0.15) is 0 Å². The van der Waals surface area contributed by atoms with Gasteiger partial charge in [0.05, 0.1) is 32.9 Å². The van der Waals surface area contributed by atoms with Gasteiger partial charge in [0.2, 0.25) is 5.75 Å². The Kier molecular flexibility index (Phi) is 4.91. The lowest BCUT2D eigenvalue weighted by atomic mass is 10.1. The zero-order valence-electron chi connectivity index (χ0n) is 12.1. The van der Waals surface area contributed by atoms with Gasteiger partial charge in [-0.25, -0.2) is 0 Å². The molecular weight excluding hydrogens is 242 g/mol. The van der Waals surface area contributed by atoms with Gasteiger partial charge < -0.3 is 19.5 Å². The number of hydrogen-bond donors (Lipinski definition) is 1. The molecule has 1 aliphatic rings. The molecule has 1 fully saturated rings. The van der Waals surface area contributed by atoms with Crippen molar-refractivity contribution in [3.63, 3.8) is 0 Å². The topological polar surface area (TPSA) is 44.3 Å². The Labute approximate surface area is 115 Å². The van der Waals surface area contributed by atoms with E-state index in [-0.39, 0.29) is 0 Å². The van der Waals surface area contributed by atoms with Crippen molar-refractivity contribution in [1.82, 2.24) is 0 Å². The molecular formula is C15H24NO3+. The molecule has 0 bridgehead atoms. The van der Waals surface area contributed by atoms with E-state index >= 15 is 0 Å². The summed E-state index contributed by atoms with van der Waals surface area (Å²) in [6.07, 6.45) is 5.39. The van der Waals surface area contributed by atoms with E-state index in [1.165, 1.54) is 25.7 Å². The zero-order chi connectivity index (χ0) is 13.7. The molecule has 19 heavy (non-hydrogen) atoms. The molecule has 1 aromatic carbocycles. The fourth-order valence-electron chi connectivity index (χ4n) is 2.81. The van der Waals surface area contributed by atoms with Crippen LogP contribution < -0.4 is 19.5 Å². The third-order valence-corrected chi connectivity index (χ3v) is 3.86. The van der Waals surface area contributed by atoms with Crippen LogP contribution in [0.1, 0.15) is 31.2 Å². The molecule has 0 aliphatic heterocycles. The second-order valence-corrected chi connectivity index (χ2v) is 4.98. The van der Waals surface area contributed by atoms with Crippen LogP contribution in [0.25, 0.3) is 0 Å². The number of benzene rings is 1. The van der Waals surface area contributed by atoms with Crippen molar-refractivity contribution in [1.29, 1.82) is 0 Å². The van der Waals surface area contributed by atoms with Crippen LogP contribution in [0.5, 0.6) is 17.2 Å². The SMILES string of the molecule is COc1ccc(C[NH2+]C2CCCC2)c(OC)c1OC. The first-order valence-electron chi connectivity index (χ1n) is 6.91. The Morgan fingerprint density at radius 1 is 1.00 bits per heavy atom. The minimum atomic E-state index is 0.683. The van der Waals surface area contributed by atoms with Crippen LogP contribution in [-0.2, 0) is 6.54 Å². The summed E-state index contributed by atoms with van der Waals surface area (Å²) in [5.41, 5.74) is 1.16. The van der Waals surface area contributed by atoms with Crippen molar-refractivity contribution in [3.05, 3.63) is 17.7 Å². The lowest BCUT2D eigenvalue weighted by Gasteiger charge is -2.16. The van der Waals surface area contributed by atoms with Gasteiger partial charge in [0, 0.05) is 0 Å². The van der Waals surface area contributed by atoms with Crippen molar-refractivity contribution >= 4 is 0 Å². The van der Waals surface area contributed by atoms with E-state index in [9.17, 15) is 0 Å². The van der Waals surface area contributed by atoms with Crippen molar-refractivity contribution in [2.45, 2.75) is 38.3 Å². The van der Waals surface area contributed by atoms with Gasteiger partial charge in [0.1, 0.15) is 6.54 Å². The lowest BCUT2D eigenvalue weighted by Crippen LogP contribution is -2.87. The standard InChI is InChI=1S/C15H23NO3/c1-17-13-9-8-11(14(18-2)15(13)19-3)10-16-12-6-4-5-7-12/h8-9,12,16H,4-7,10H2,1-3H3/p+1. The van der Waals surface area contributed by atoms with E-state index in [4.69, 9.17) is 14.2 Å². The molecule has 0 radical (unpaired) electrons. The number of ether oxygens (including phenoxy) is 3. The lowest BCUT2D eigenvalue weighted by molar-refractivity contribution is -0.703. The largest absolute Gasteiger partial charge is 0.493 e. The molecule has 4 heteroatoms. The smallest absolute Gasteiger partial charge is 0.203 e. The maximum atomic E-state index is 5.50. The molecule has 0 amide bonds. The highest BCUT2D eigenvalue weighted by atomic mass is 16.5. The summed E-state index contributed by atoms with van der Waals surface area (Å²) in [5.74, 6) is 2.18. The van der Waals surface area contributed by atoms with Gasteiger partial charge in [-0.05, 0) is 37.8 Å². The summed E-state index contributed by atoms with van der Waals surface area (Å²) in [6, 6.07) is 4.77.